The lowest BCUT2D eigenvalue weighted by Gasteiger charge is -2.22. The molecule has 0 radical (unpaired) electrons. The van der Waals surface area contributed by atoms with E-state index in [2.05, 4.69) is 9.97 Å². The van der Waals surface area contributed by atoms with Crippen LogP contribution in [-0.2, 0) is 0 Å². The largest absolute Gasteiger partial charge is 0.477 e. The second-order valence-electron chi connectivity index (χ2n) is 4.37. The highest BCUT2D eigenvalue weighted by Crippen LogP contribution is 2.33. The van der Waals surface area contributed by atoms with Gasteiger partial charge in [-0.05, 0) is 19.8 Å². The van der Waals surface area contributed by atoms with Crippen molar-refractivity contribution >= 4 is 5.97 Å². The lowest BCUT2D eigenvalue weighted by molar-refractivity contribution is 0.0689. The Bertz CT molecular complexity index is 398. The van der Waals surface area contributed by atoms with E-state index in [0.29, 0.717) is 5.92 Å². The first-order chi connectivity index (χ1) is 7.70. The van der Waals surface area contributed by atoms with Gasteiger partial charge in [0.25, 0.3) is 0 Å². The molecule has 2 rings (SSSR count). The molecule has 0 atom stereocenters. The number of hydrogen-bond donors (Lipinski definition) is 1. The van der Waals surface area contributed by atoms with Crippen LogP contribution in [0.1, 0.15) is 59.8 Å². The molecule has 0 aromatic carbocycles. The number of carboxylic acids is 1. The average molecular weight is 220 g/mol. The zero-order chi connectivity index (χ0) is 11.5. The minimum Gasteiger partial charge on any atom is -0.477 e. The lowest BCUT2D eigenvalue weighted by atomic mass is 9.85. The Kier molecular flexibility index (Phi) is 3.17. The lowest BCUT2D eigenvalue weighted by Crippen LogP contribution is -2.13. The predicted molar refractivity (Wildman–Crippen MR) is 59.6 cm³/mol. The Balaban J connectivity index is 2.33. The van der Waals surface area contributed by atoms with Gasteiger partial charge >= 0.3 is 5.97 Å². The summed E-state index contributed by atoms with van der Waals surface area (Å²) >= 11 is 0. The summed E-state index contributed by atoms with van der Waals surface area (Å²) in [4.78, 5) is 19.1. The summed E-state index contributed by atoms with van der Waals surface area (Å²) in [7, 11) is 0. The van der Waals surface area contributed by atoms with Gasteiger partial charge in [-0.1, -0.05) is 19.3 Å². The van der Waals surface area contributed by atoms with Gasteiger partial charge in [-0.15, -0.1) is 0 Å². The van der Waals surface area contributed by atoms with E-state index in [1.165, 1.54) is 25.6 Å². The summed E-state index contributed by atoms with van der Waals surface area (Å²) in [5.74, 6) is -0.535. The van der Waals surface area contributed by atoms with Gasteiger partial charge < -0.3 is 5.11 Å². The number of rotatable bonds is 2. The molecule has 0 amide bonds. The maximum absolute atomic E-state index is 11.0. The molecular weight excluding hydrogens is 204 g/mol. The highest BCUT2D eigenvalue weighted by Gasteiger charge is 2.21. The van der Waals surface area contributed by atoms with Gasteiger partial charge in [0, 0.05) is 11.5 Å². The van der Waals surface area contributed by atoms with Crippen molar-refractivity contribution in [3.63, 3.8) is 0 Å². The molecule has 1 aliphatic rings. The van der Waals surface area contributed by atoms with E-state index in [1.807, 2.05) is 6.92 Å². The fourth-order valence-corrected chi connectivity index (χ4v) is 2.47. The van der Waals surface area contributed by atoms with Crippen molar-refractivity contribution in [2.75, 3.05) is 0 Å². The van der Waals surface area contributed by atoms with Gasteiger partial charge in [-0.2, -0.15) is 0 Å². The Morgan fingerprint density at radius 2 is 2.00 bits per heavy atom. The smallest absolute Gasteiger partial charge is 0.354 e. The highest BCUT2D eigenvalue weighted by molar-refractivity contribution is 5.87. The van der Waals surface area contributed by atoms with E-state index < -0.39 is 5.97 Å². The molecule has 1 aromatic rings. The summed E-state index contributed by atoms with van der Waals surface area (Å²) < 4.78 is 0. The van der Waals surface area contributed by atoms with E-state index in [9.17, 15) is 4.79 Å². The van der Waals surface area contributed by atoms with Crippen LogP contribution in [0.4, 0.5) is 0 Å². The van der Waals surface area contributed by atoms with Gasteiger partial charge in [-0.3, -0.25) is 0 Å². The van der Waals surface area contributed by atoms with Crippen molar-refractivity contribution in [3.8, 4) is 0 Å². The summed E-state index contributed by atoms with van der Waals surface area (Å²) in [5, 5.41) is 9.00. The molecule has 0 unspecified atom stereocenters. The number of aromatic nitrogens is 2. The fourth-order valence-electron chi connectivity index (χ4n) is 2.47. The number of carbonyl (C=O) groups is 1. The molecule has 1 N–H and O–H groups in total. The summed E-state index contributed by atoms with van der Waals surface area (Å²) in [6.45, 7) is 1.81. The maximum Gasteiger partial charge on any atom is 0.354 e. The van der Waals surface area contributed by atoms with Crippen LogP contribution in [0.3, 0.4) is 0 Å². The molecule has 0 spiro atoms. The Morgan fingerprint density at radius 3 is 2.62 bits per heavy atom. The molecule has 16 heavy (non-hydrogen) atoms. The number of hydrogen-bond acceptors (Lipinski definition) is 3. The van der Waals surface area contributed by atoms with Crippen LogP contribution in [0.2, 0.25) is 0 Å². The van der Waals surface area contributed by atoms with Gasteiger partial charge in [0.15, 0.2) is 5.69 Å². The third-order valence-electron chi connectivity index (χ3n) is 3.32. The molecule has 86 valence electrons. The van der Waals surface area contributed by atoms with E-state index in [1.54, 1.807) is 0 Å². The molecule has 0 bridgehead atoms. The molecule has 1 aromatic heterocycles. The second-order valence-corrected chi connectivity index (χ2v) is 4.37. The minimum atomic E-state index is -0.961. The Labute approximate surface area is 94.7 Å². The molecular formula is C12H16N2O2. The van der Waals surface area contributed by atoms with Gasteiger partial charge in [0.05, 0.1) is 5.69 Å². The van der Waals surface area contributed by atoms with Gasteiger partial charge in [-0.25, -0.2) is 14.8 Å². The summed E-state index contributed by atoms with van der Waals surface area (Å²) in [6.07, 6.45) is 7.34. The SMILES string of the molecule is Cc1c(C(=O)O)ncnc1C1CCCCC1. The number of nitrogens with zero attached hydrogens (tertiary/aromatic N) is 2. The molecule has 0 aliphatic heterocycles. The van der Waals surface area contributed by atoms with Gasteiger partial charge in [0.1, 0.15) is 6.33 Å². The summed E-state index contributed by atoms with van der Waals surface area (Å²) in [5.41, 5.74) is 1.82. The third-order valence-corrected chi connectivity index (χ3v) is 3.32. The molecule has 1 heterocycles. The predicted octanol–water partition coefficient (Wildman–Crippen LogP) is 2.53. The molecule has 4 heteroatoms. The molecule has 1 fully saturated rings. The van der Waals surface area contributed by atoms with Gasteiger partial charge in [0.2, 0.25) is 0 Å². The molecule has 1 saturated carbocycles. The van der Waals surface area contributed by atoms with Crippen LogP contribution in [0, 0.1) is 6.92 Å². The van der Waals surface area contributed by atoms with E-state index in [-0.39, 0.29) is 5.69 Å². The highest BCUT2D eigenvalue weighted by atomic mass is 16.4. The van der Waals surface area contributed by atoms with Crippen molar-refractivity contribution in [3.05, 3.63) is 23.3 Å². The molecule has 0 saturated heterocycles. The summed E-state index contributed by atoms with van der Waals surface area (Å²) in [6, 6.07) is 0. The Hall–Kier alpha value is -1.45. The van der Waals surface area contributed by atoms with Crippen molar-refractivity contribution < 1.29 is 9.90 Å². The molecule has 4 nitrogen and oxygen atoms in total. The van der Waals surface area contributed by atoms with Crippen molar-refractivity contribution in [1.29, 1.82) is 0 Å². The van der Waals surface area contributed by atoms with Crippen molar-refractivity contribution in [2.45, 2.75) is 44.9 Å². The van der Waals surface area contributed by atoms with Crippen LogP contribution < -0.4 is 0 Å². The molecule has 1 aliphatic carbocycles. The second kappa shape index (κ2) is 4.60. The first-order valence-corrected chi connectivity index (χ1v) is 5.75. The first-order valence-electron chi connectivity index (χ1n) is 5.75. The number of carboxylic acid groups (broad SMARTS) is 1. The van der Waals surface area contributed by atoms with Crippen LogP contribution in [-0.4, -0.2) is 21.0 Å². The fraction of sp³-hybridized carbons (Fsp3) is 0.583. The van der Waals surface area contributed by atoms with E-state index in [0.717, 1.165) is 24.1 Å². The van der Waals surface area contributed by atoms with Crippen LogP contribution in [0.5, 0.6) is 0 Å². The number of aromatic carboxylic acids is 1. The first kappa shape index (κ1) is 11.0. The Morgan fingerprint density at radius 1 is 1.31 bits per heavy atom. The minimum absolute atomic E-state index is 0.149. The van der Waals surface area contributed by atoms with E-state index >= 15 is 0 Å². The van der Waals surface area contributed by atoms with E-state index in [4.69, 9.17) is 5.11 Å². The normalized spacial score (nSPS) is 17.3. The third kappa shape index (κ3) is 2.05. The average Bonchev–Trinajstić information content (AvgIpc) is 2.30. The van der Waals surface area contributed by atoms with Crippen molar-refractivity contribution in [1.82, 2.24) is 9.97 Å². The zero-order valence-corrected chi connectivity index (χ0v) is 9.44. The van der Waals surface area contributed by atoms with Crippen molar-refractivity contribution in [2.24, 2.45) is 0 Å². The van der Waals surface area contributed by atoms with Crippen LogP contribution in [0.15, 0.2) is 6.33 Å². The standard InChI is InChI=1S/C12H16N2O2/c1-8-10(9-5-3-2-4-6-9)13-7-14-11(8)12(15)16/h7,9H,2-6H2,1H3,(H,15,16). The van der Waals surface area contributed by atoms with Crippen LogP contribution >= 0.6 is 0 Å². The van der Waals surface area contributed by atoms with Crippen LogP contribution in [0.25, 0.3) is 0 Å². The monoisotopic (exact) mass is 220 g/mol. The maximum atomic E-state index is 11.0. The quantitative estimate of drug-likeness (QED) is 0.831. The topological polar surface area (TPSA) is 63.1 Å². The zero-order valence-electron chi connectivity index (χ0n) is 9.44.